The van der Waals surface area contributed by atoms with E-state index in [4.69, 9.17) is 4.74 Å². The van der Waals surface area contributed by atoms with E-state index < -0.39 is 21.7 Å². The predicted molar refractivity (Wildman–Crippen MR) is 116 cm³/mol. The van der Waals surface area contributed by atoms with Crippen LogP contribution in [0.2, 0.25) is 0 Å². The van der Waals surface area contributed by atoms with E-state index in [0.717, 1.165) is 11.4 Å². The lowest BCUT2D eigenvalue weighted by Gasteiger charge is -2.45. The molecule has 2 aliphatic rings. The molecule has 2 aliphatic heterocycles. The molecule has 31 heavy (non-hydrogen) atoms. The standard InChI is InChI=1S/C22H30N4O4S/c1-16(2)14-24-20(27)18-15-25-13-10-23-21(25)22(30-18)8-11-26(12-9-22)31(28,29)19-7-5-4-6-17(19)3/h4-7,10,13,16,18H,8-9,11-12,14-15H2,1-3H3,(H,24,27)/t18-/m1/s1. The minimum atomic E-state index is -3.59. The van der Waals surface area contributed by atoms with Gasteiger partial charge in [-0.1, -0.05) is 32.0 Å². The van der Waals surface area contributed by atoms with Crippen LogP contribution in [0.1, 0.15) is 38.1 Å². The van der Waals surface area contributed by atoms with Crippen LogP contribution in [0.4, 0.5) is 0 Å². The Morgan fingerprint density at radius 3 is 2.68 bits per heavy atom. The molecule has 1 fully saturated rings. The molecule has 8 nitrogen and oxygen atoms in total. The van der Waals surface area contributed by atoms with Gasteiger partial charge in [-0.05, 0) is 37.3 Å². The summed E-state index contributed by atoms with van der Waals surface area (Å²) >= 11 is 0. The molecule has 1 saturated heterocycles. The summed E-state index contributed by atoms with van der Waals surface area (Å²) in [5.74, 6) is 0.982. The number of benzene rings is 1. The number of ether oxygens (including phenoxy) is 1. The van der Waals surface area contributed by atoms with Gasteiger partial charge in [0.15, 0.2) is 6.10 Å². The van der Waals surface area contributed by atoms with Gasteiger partial charge in [-0.15, -0.1) is 0 Å². The average molecular weight is 447 g/mol. The third-order valence-electron chi connectivity index (χ3n) is 6.07. The number of amides is 1. The van der Waals surface area contributed by atoms with Crippen LogP contribution in [0.3, 0.4) is 0 Å². The highest BCUT2D eigenvalue weighted by atomic mass is 32.2. The molecular formula is C22H30N4O4S. The number of nitrogens with one attached hydrogen (secondary N) is 1. The molecule has 1 spiro atoms. The SMILES string of the molecule is Cc1ccccc1S(=O)(=O)N1CCC2(CC1)O[C@@H](C(=O)NCC(C)C)Cn1ccnc12. The van der Waals surface area contributed by atoms with Gasteiger partial charge in [0, 0.05) is 32.0 Å². The van der Waals surface area contributed by atoms with Crippen molar-refractivity contribution in [2.24, 2.45) is 5.92 Å². The van der Waals surface area contributed by atoms with Crippen LogP contribution in [0.15, 0.2) is 41.6 Å². The van der Waals surface area contributed by atoms with Gasteiger partial charge in [-0.25, -0.2) is 13.4 Å². The number of aromatic nitrogens is 2. The largest absolute Gasteiger partial charge is 0.354 e. The van der Waals surface area contributed by atoms with Gasteiger partial charge < -0.3 is 14.6 Å². The Balaban J connectivity index is 1.54. The predicted octanol–water partition coefficient (Wildman–Crippen LogP) is 2.04. The Bertz CT molecular complexity index is 1050. The monoisotopic (exact) mass is 446 g/mol. The van der Waals surface area contributed by atoms with Crippen molar-refractivity contribution in [2.75, 3.05) is 19.6 Å². The molecule has 0 saturated carbocycles. The first-order valence-corrected chi connectivity index (χ1v) is 12.2. The molecule has 0 bridgehead atoms. The van der Waals surface area contributed by atoms with Crippen LogP contribution >= 0.6 is 0 Å². The first kappa shape index (κ1) is 22.0. The van der Waals surface area contributed by atoms with Gasteiger partial charge in [-0.2, -0.15) is 4.31 Å². The number of hydrogen-bond acceptors (Lipinski definition) is 5. The fourth-order valence-electron chi connectivity index (χ4n) is 4.37. The Labute approximate surface area is 183 Å². The van der Waals surface area contributed by atoms with Crippen LogP contribution in [0.25, 0.3) is 0 Å². The average Bonchev–Trinajstić information content (AvgIpc) is 3.22. The van der Waals surface area contributed by atoms with Crippen molar-refractivity contribution in [3.8, 4) is 0 Å². The maximum Gasteiger partial charge on any atom is 0.251 e. The Kier molecular flexibility index (Phi) is 5.93. The summed E-state index contributed by atoms with van der Waals surface area (Å²) in [4.78, 5) is 17.6. The summed E-state index contributed by atoms with van der Waals surface area (Å²) < 4.78 is 36.2. The van der Waals surface area contributed by atoms with E-state index in [1.54, 1.807) is 31.3 Å². The smallest absolute Gasteiger partial charge is 0.251 e. The van der Waals surface area contributed by atoms with Gasteiger partial charge >= 0.3 is 0 Å². The van der Waals surface area contributed by atoms with E-state index in [1.165, 1.54) is 4.31 Å². The number of piperidine rings is 1. The number of hydrogen-bond donors (Lipinski definition) is 1. The summed E-state index contributed by atoms with van der Waals surface area (Å²) in [5, 5.41) is 2.95. The molecule has 1 aromatic heterocycles. The molecule has 168 valence electrons. The minimum absolute atomic E-state index is 0.137. The first-order valence-electron chi connectivity index (χ1n) is 10.8. The molecule has 1 N–H and O–H groups in total. The Morgan fingerprint density at radius 2 is 2.00 bits per heavy atom. The molecule has 1 amide bonds. The van der Waals surface area contributed by atoms with Gasteiger partial charge in [0.1, 0.15) is 11.4 Å². The maximum atomic E-state index is 13.2. The fourth-order valence-corrected chi connectivity index (χ4v) is 6.03. The molecule has 0 unspecified atom stereocenters. The van der Waals surface area contributed by atoms with Crippen LogP contribution in [-0.2, 0) is 31.7 Å². The summed E-state index contributed by atoms with van der Waals surface area (Å²) in [6, 6.07) is 7.03. The first-order chi connectivity index (χ1) is 14.7. The van der Waals surface area contributed by atoms with Crippen molar-refractivity contribution in [2.45, 2.75) is 56.8 Å². The molecule has 0 aliphatic carbocycles. The summed E-state index contributed by atoms with van der Waals surface area (Å²) in [5.41, 5.74) is -0.0339. The van der Waals surface area contributed by atoms with Crippen LogP contribution in [0, 0.1) is 12.8 Å². The molecule has 2 aromatic rings. The van der Waals surface area contributed by atoms with Gasteiger partial charge in [-0.3, -0.25) is 4.79 Å². The topological polar surface area (TPSA) is 93.5 Å². The van der Waals surface area contributed by atoms with Gasteiger partial charge in [0.05, 0.1) is 11.4 Å². The van der Waals surface area contributed by atoms with Crippen molar-refractivity contribution in [3.05, 3.63) is 48.0 Å². The van der Waals surface area contributed by atoms with Crippen LogP contribution in [0.5, 0.6) is 0 Å². The molecule has 9 heteroatoms. The van der Waals surface area contributed by atoms with E-state index in [2.05, 4.69) is 10.3 Å². The summed E-state index contributed by atoms with van der Waals surface area (Å²) in [6.07, 6.45) is 3.84. The zero-order valence-corrected chi connectivity index (χ0v) is 19.1. The zero-order valence-electron chi connectivity index (χ0n) is 18.2. The number of fused-ring (bicyclic) bond motifs is 2. The molecule has 0 radical (unpaired) electrons. The fraction of sp³-hybridized carbons (Fsp3) is 0.545. The number of aryl methyl sites for hydroxylation is 1. The number of imidazole rings is 1. The van der Waals surface area contributed by atoms with Crippen LogP contribution in [-0.4, -0.2) is 53.9 Å². The third kappa shape index (κ3) is 4.14. The van der Waals surface area contributed by atoms with Crippen molar-refractivity contribution in [1.29, 1.82) is 0 Å². The Morgan fingerprint density at radius 1 is 1.29 bits per heavy atom. The second-order valence-electron chi connectivity index (χ2n) is 8.81. The highest BCUT2D eigenvalue weighted by Crippen LogP contribution is 2.41. The normalized spacial score (nSPS) is 21.2. The third-order valence-corrected chi connectivity index (χ3v) is 8.13. The number of nitrogens with zero attached hydrogens (tertiary/aromatic N) is 3. The second-order valence-corrected chi connectivity index (χ2v) is 10.7. The van der Waals surface area contributed by atoms with Crippen LogP contribution < -0.4 is 5.32 Å². The molecule has 3 heterocycles. The lowest BCUT2D eigenvalue weighted by atomic mass is 9.89. The molecule has 1 atom stereocenters. The highest BCUT2D eigenvalue weighted by molar-refractivity contribution is 7.89. The molecular weight excluding hydrogens is 416 g/mol. The van der Waals surface area contributed by atoms with E-state index >= 15 is 0 Å². The number of rotatable bonds is 5. The lowest BCUT2D eigenvalue weighted by molar-refractivity contribution is -0.170. The summed E-state index contributed by atoms with van der Waals surface area (Å²) in [6.45, 7) is 7.51. The van der Waals surface area contributed by atoms with Gasteiger partial charge in [0.25, 0.3) is 5.91 Å². The van der Waals surface area contributed by atoms with Crippen molar-refractivity contribution in [1.82, 2.24) is 19.2 Å². The molecule has 4 rings (SSSR count). The number of carbonyl (C=O) groups is 1. The zero-order chi connectivity index (χ0) is 22.2. The molecule has 1 aromatic carbocycles. The van der Waals surface area contributed by atoms with E-state index in [-0.39, 0.29) is 5.91 Å². The van der Waals surface area contributed by atoms with Gasteiger partial charge in [0.2, 0.25) is 10.0 Å². The van der Waals surface area contributed by atoms with Crippen molar-refractivity contribution in [3.63, 3.8) is 0 Å². The van der Waals surface area contributed by atoms with Crippen molar-refractivity contribution < 1.29 is 17.9 Å². The number of sulfonamides is 1. The maximum absolute atomic E-state index is 13.2. The summed E-state index contributed by atoms with van der Waals surface area (Å²) in [7, 11) is -3.59. The lowest BCUT2D eigenvalue weighted by Crippen LogP contribution is -2.54. The van der Waals surface area contributed by atoms with E-state index in [9.17, 15) is 13.2 Å². The van der Waals surface area contributed by atoms with E-state index in [1.807, 2.05) is 30.7 Å². The highest BCUT2D eigenvalue weighted by Gasteiger charge is 2.48. The Hall–Kier alpha value is -2.23. The quantitative estimate of drug-likeness (QED) is 0.759. The van der Waals surface area contributed by atoms with E-state index in [0.29, 0.717) is 49.8 Å². The minimum Gasteiger partial charge on any atom is -0.354 e. The number of carbonyl (C=O) groups excluding carboxylic acids is 1. The van der Waals surface area contributed by atoms with Crippen molar-refractivity contribution >= 4 is 15.9 Å². The second kappa shape index (κ2) is 8.37.